The van der Waals surface area contributed by atoms with E-state index < -0.39 is 11.9 Å². The van der Waals surface area contributed by atoms with Crippen molar-refractivity contribution < 1.29 is 23.7 Å². The second-order valence-corrected chi connectivity index (χ2v) is 7.30. The van der Waals surface area contributed by atoms with E-state index in [1.165, 1.54) is 12.7 Å². The Labute approximate surface area is 187 Å². The summed E-state index contributed by atoms with van der Waals surface area (Å²) >= 11 is 0. The number of carbonyl (C=O) groups excluding carboxylic acids is 1. The van der Waals surface area contributed by atoms with Crippen LogP contribution in [0.15, 0.2) is 65.3 Å². The molecule has 7 heteroatoms. The molecule has 2 aromatic carbocycles. The van der Waals surface area contributed by atoms with E-state index in [0.717, 1.165) is 5.56 Å². The van der Waals surface area contributed by atoms with Gasteiger partial charge in [-0.2, -0.15) is 5.26 Å². The van der Waals surface area contributed by atoms with E-state index in [0.29, 0.717) is 29.4 Å². The van der Waals surface area contributed by atoms with E-state index in [1.807, 2.05) is 31.2 Å². The summed E-state index contributed by atoms with van der Waals surface area (Å²) in [4.78, 5) is 12.7. The summed E-state index contributed by atoms with van der Waals surface area (Å²) in [5.74, 6) is -0.0392. The Kier molecular flexibility index (Phi) is 7.06. The Hall–Kier alpha value is -3.92. The molecule has 1 aliphatic heterocycles. The molecule has 0 saturated heterocycles. The molecule has 1 aliphatic rings. The fourth-order valence-electron chi connectivity index (χ4n) is 3.52. The molecule has 0 saturated carbocycles. The average molecular weight is 434 g/mol. The fraction of sp³-hybridized carbons (Fsp3) is 0.280. The van der Waals surface area contributed by atoms with Crippen molar-refractivity contribution >= 4 is 5.97 Å². The number of nitrogens with zero attached hydrogens (tertiary/aromatic N) is 1. The zero-order valence-electron chi connectivity index (χ0n) is 18.6. The Bertz CT molecular complexity index is 1110. The Morgan fingerprint density at radius 1 is 1.16 bits per heavy atom. The van der Waals surface area contributed by atoms with Crippen molar-refractivity contribution in [3.63, 3.8) is 0 Å². The molecule has 0 aliphatic carbocycles. The van der Waals surface area contributed by atoms with Crippen LogP contribution in [0.4, 0.5) is 0 Å². The minimum absolute atomic E-state index is 0.0401. The van der Waals surface area contributed by atoms with E-state index in [9.17, 15) is 10.1 Å². The predicted molar refractivity (Wildman–Crippen MR) is 118 cm³/mol. The van der Waals surface area contributed by atoms with E-state index in [2.05, 4.69) is 6.07 Å². The molecule has 1 atom stereocenters. The number of hydrogen-bond donors (Lipinski definition) is 1. The Morgan fingerprint density at radius 2 is 1.88 bits per heavy atom. The monoisotopic (exact) mass is 434 g/mol. The summed E-state index contributed by atoms with van der Waals surface area (Å²) in [6.45, 7) is 5.93. The second kappa shape index (κ2) is 9.92. The molecule has 0 amide bonds. The number of allylic oxidation sites excluding steroid dienone is 2. The molecule has 0 fully saturated rings. The number of hydrogen-bond acceptors (Lipinski definition) is 7. The zero-order chi connectivity index (χ0) is 23.3. The normalized spacial score (nSPS) is 15.7. The van der Waals surface area contributed by atoms with Crippen molar-refractivity contribution in [1.82, 2.24) is 0 Å². The van der Waals surface area contributed by atoms with Gasteiger partial charge in [-0.3, -0.25) is 0 Å². The molecule has 32 heavy (non-hydrogen) atoms. The van der Waals surface area contributed by atoms with Crippen molar-refractivity contribution in [2.45, 2.75) is 33.3 Å². The maximum Gasteiger partial charge on any atom is 0.338 e. The first-order valence-corrected chi connectivity index (χ1v) is 10.2. The highest BCUT2D eigenvalue weighted by atomic mass is 16.5. The average Bonchev–Trinajstić information content (AvgIpc) is 2.78. The second-order valence-electron chi connectivity index (χ2n) is 7.30. The van der Waals surface area contributed by atoms with Crippen LogP contribution in [0.5, 0.6) is 11.5 Å². The molecule has 0 radical (unpaired) electrons. The number of nitriles is 1. The van der Waals surface area contributed by atoms with Gasteiger partial charge < -0.3 is 24.7 Å². The third kappa shape index (κ3) is 4.70. The smallest absolute Gasteiger partial charge is 0.338 e. The first-order chi connectivity index (χ1) is 15.4. The summed E-state index contributed by atoms with van der Waals surface area (Å²) in [5, 5.41) is 9.72. The van der Waals surface area contributed by atoms with Crippen molar-refractivity contribution in [3.8, 4) is 17.6 Å². The Balaban J connectivity index is 1.97. The summed E-state index contributed by atoms with van der Waals surface area (Å²) in [6.07, 6.45) is 0. The van der Waals surface area contributed by atoms with Gasteiger partial charge in [0.05, 0.1) is 25.2 Å². The summed E-state index contributed by atoms with van der Waals surface area (Å²) < 4.78 is 22.1. The highest BCUT2D eigenvalue weighted by Gasteiger charge is 2.36. The van der Waals surface area contributed by atoms with Crippen molar-refractivity contribution in [1.29, 1.82) is 5.26 Å². The van der Waals surface area contributed by atoms with Gasteiger partial charge in [-0.05, 0) is 44.0 Å². The fourth-order valence-corrected chi connectivity index (χ4v) is 3.52. The van der Waals surface area contributed by atoms with Crippen molar-refractivity contribution in [3.05, 3.63) is 81.9 Å². The number of ether oxygens (including phenoxy) is 4. The minimum atomic E-state index is -0.743. The predicted octanol–water partition coefficient (Wildman–Crippen LogP) is 4.23. The molecule has 1 heterocycles. The van der Waals surface area contributed by atoms with E-state index in [4.69, 9.17) is 24.7 Å². The Morgan fingerprint density at radius 3 is 2.50 bits per heavy atom. The number of esters is 1. The van der Waals surface area contributed by atoms with Crippen LogP contribution in [0.25, 0.3) is 0 Å². The lowest BCUT2D eigenvalue weighted by Gasteiger charge is -2.27. The van der Waals surface area contributed by atoms with Gasteiger partial charge in [0.15, 0.2) is 11.5 Å². The topological polar surface area (TPSA) is 104 Å². The van der Waals surface area contributed by atoms with Crippen LogP contribution in [0, 0.1) is 18.3 Å². The molecule has 0 spiro atoms. The number of carbonyl (C=O) groups is 1. The van der Waals surface area contributed by atoms with Crippen molar-refractivity contribution in [2.24, 2.45) is 5.73 Å². The van der Waals surface area contributed by atoms with Gasteiger partial charge in [-0.15, -0.1) is 0 Å². The van der Waals surface area contributed by atoms with Gasteiger partial charge in [-0.1, -0.05) is 35.9 Å². The lowest BCUT2D eigenvalue weighted by molar-refractivity contribution is -0.139. The summed E-state index contributed by atoms with van der Waals surface area (Å²) in [6, 6.07) is 15.4. The van der Waals surface area contributed by atoms with Crippen LogP contribution in [-0.2, 0) is 20.9 Å². The van der Waals surface area contributed by atoms with Gasteiger partial charge in [0.25, 0.3) is 0 Å². The standard InChI is InChI=1S/C25H26N2O5/c1-5-30-25(28)22-16(3)32-24(27)19(13-26)23(22)18-10-11-20(21(12-18)29-4)31-14-17-8-6-15(2)7-9-17/h6-12,23H,5,14,27H2,1-4H3/t23-/m0/s1. The van der Waals surface area contributed by atoms with Crippen LogP contribution < -0.4 is 15.2 Å². The number of benzene rings is 2. The highest BCUT2D eigenvalue weighted by Crippen LogP contribution is 2.42. The SMILES string of the molecule is CCOC(=O)C1=C(C)OC(N)=C(C#N)[C@@H]1c1ccc(OCc2ccc(C)cc2)c(OC)c1. The van der Waals surface area contributed by atoms with Gasteiger partial charge >= 0.3 is 5.97 Å². The third-order valence-electron chi connectivity index (χ3n) is 5.14. The van der Waals surface area contributed by atoms with Crippen LogP contribution in [0.1, 0.15) is 36.5 Å². The number of rotatable bonds is 7. The van der Waals surface area contributed by atoms with E-state index >= 15 is 0 Å². The molecule has 0 bridgehead atoms. The quantitative estimate of drug-likeness (QED) is 0.651. The maximum absolute atomic E-state index is 12.7. The van der Waals surface area contributed by atoms with Crippen LogP contribution >= 0.6 is 0 Å². The van der Waals surface area contributed by atoms with Crippen LogP contribution in [-0.4, -0.2) is 19.7 Å². The number of methoxy groups -OCH3 is 1. The summed E-state index contributed by atoms with van der Waals surface area (Å²) in [5.41, 5.74) is 9.16. The van der Waals surface area contributed by atoms with E-state index in [1.54, 1.807) is 32.0 Å². The lowest BCUT2D eigenvalue weighted by atomic mass is 9.83. The number of nitrogens with two attached hydrogens (primary N) is 1. The first-order valence-electron chi connectivity index (χ1n) is 10.2. The molecule has 2 aromatic rings. The molecule has 7 nitrogen and oxygen atoms in total. The van der Waals surface area contributed by atoms with Crippen LogP contribution in [0.3, 0.4) is 0 Å². The third-order valence-corrected chi connectivity index (χ3v) is 5.14. The maximum atomic E-state index is 12.7. The molecule has 2 N–H and O–H groups in total. The molecule has 3 rings (SSSR count). The van der Waals surface area contributed by atoms with Gasteiger partial charge in [0.2, 0.25) is 5.88 Å². The number of aryl methyl sites for hydroxylation is 1. The van der Waals surface area contributed by atoms with E-state index in [-0.39, 0.29) is 23.6 Å². The van der Waals surface area contributed by atoms with Gasteiger partial charge in [0.1, 0.15) is 24.0 Å². The van der Waals surface area contributed by atoms with Gasteiger partial charge in [-0.25, -0.2) is 4.79 Å². The molecule has 0 unspecified atom stereocenters. The molecule has 166 valence electrons. The van der Waals surface area contributed by atoms with Crippen molar-refractivity contribution in [2.75, 3.05) is 13.7 Å². The van der Waals surface area contributed by atoms with Crippen LogP contribution in [0.2, 0.25) is 0 Å². The zero-order valence-corrected chi connectivity index (χ0v) is 18.6. The molecule has 0 aromatic heterocycles. The molecular formula is C25H26N2O5. The lowest BCUT2D eigenvalue weighted by Crippen LogP contribution is -2.25. The summed E-state index contributed by atoms with van der Waals surface area (Å²) in [7, 11) is 1.53. The molecular weight excluding hydrogens is 408 g/mol. The largest absolute Gasteiger partial charge is 0.493 e. The minimum Gasteiger partial charge on any atom is -0.493 e. The first kappa shape index (κ1) is 22.8. The van der Waals surface area contributed by atoms with Gasteiger partial charge in [0, 0.05) is 0 Å². The highest BCUT2D eigenvalue weighted by molar-refractivity contribution is 5.92.